The minimum Gasteiger partial charge on any atom is -0.490 e. The number of fused-ring (bicyclic) bond motifs is 1. The number of carbonyl (C=O) groups excluding carboxylic acids is 2. The average Bonchev–Trinajstić information content (AvgIpc) is 2.67. The minimum absolute atomic E-state index is 0.0850. The number of ether oxygens (including phenoxy) is 2. The number of rotatable bonds is 6. The van der Waals surface area contributed by atoms with E-state index >= 15 is 0 Å². The highest BCUT2D eigenvalue weighted by Crippen LogP contribution is 2.33. The second-order valence-corrected chi connectivity index (χ2v) is 7.17. The van der Waals surface area contributed by atoms with Crippen LogP contribution in [0.15, 0.2) is 24.4 Å². The summed E-state index contributed by atoms with van der Waals surface area (Å²) in [6.45, 7) is 4.02. The average molecular weight is 407 g/mol. The number of nitrogens with two attached hydrogens (primary N) is 1. The first-order valence-corrected chi connectivity index (χ1v) is 9.39. The monoisotopic (exact) mass is 407 g/mol. The Morgan fingerprint density at radius 3 is 2.69 bits per heavy atom. The van der Waals surface area contributed by atoms with Gasteiger partial charge in [-0.25, -0.2) is 0 Å². The van der Waals surface area contributed by atoms with Gasteiger partial charge in [0.2, 0.25) is 0 Å². The zero-order chi connectivity index (χ0) is 21.1. The Morgan fingerprint density at radius 2 is 2.03 bits per heavy atom. The number of piperidine rings is 1. The van der Waals surface area contributed by atoms with Gasteiger partial charge in [-0.1, -0.05) is 0 Å². The number of hydrogen-bond acceptors (Lipinski definition) is 5. The van der Waals surface area contributed by atoms with Crippen molar-refractivity contribution in [1.82, 2.24) is 9.88 Å². The molecule has 0 radical (unpaired) electrons. The van der Waals surface area contributed by atoms with E-state index in [0.29, 0.717) is 35.2 Å². The van der Waals surface area contributed by atoms with Gasteiger partial charge in [0, 0.05) is 18.1 Å². The number of likely N-dealkylation sites (tertiary alicyclic amines) is 1. The third-order valence-electron chi connectivity index (χ3n) is 4.60. The van der Waals surface area contributed by atoms with Crippen molar-refractivity contribution in [3.63, 3.8) is 0 Å². The van der Waals surface area contributed by atoms with E-state index in [4.69, 9.17) is 15.2 Å². The number of nitrogens with zero attached hydrogens (tertiary/aromatic N) is 2. The van der Waals surface area contributed by atoms with Crippen LogP contribution in [0, 0.1) is 0 Å². The Morgan fingerprint density at radius 1 is 1.28 bits per heavy atom. The van der Waals surface area contributed by atoms with E-state index in [2.05, 4.69) is 4.98 Å². The van der Waals surface area contributed by atoms with Crippen molar-refractivity contribution in [2.45, 2.75) is 45.3 Å². The van der Waals surface area contributed by atoms with Crippen molar-refractivity contribution in [1.29, 1.82) is 0 Å². The predicted octanol–water partition coefficient (Wildman–Crippen LogP) is 2.76. The molecule has 1 aromatic carbocycles. The number of pyridine rings is 1. The second kappa shape index (κ2) is 8.59. The zero-order valence-electron chi connectivity index (χ0n) is 16.2. The van der Waals surface area contributed by atoms with Crippen LogP contribution in [0.1, 0.15) is 37.0 Å². The highest BCUT2D eigenvalue weighted by molar-refractivity contribution is 6.01. The highest BCUT2D eigenvalue weighted by atomic mass is 19.3. The van der Waals surface area contributed by atoms with E-state index in [-0.39, 0.29) is 24.8 Å². The summed E-state index contributed by atoms with van der Waals surface area (Å²) in [4.78, 5) is 28.8. The van der Waals surface area contributed by atoms with Crippen molar-refractivity contribution in [3.05, 3.63) is 30.0 Å². The minimum atomic E-state index is -3.03. The van der Waals surface area contributed by atoms with Gasteiger partial charge in [0.1, 0.15) is 17.6 Å². The van der Waals surface area contributed by atoms with Gasteiger partial charge in [-0.05, 0) is 44.9 Å². The Bertz CT molecular complexity index is 920. The van der Waals surface area contributed by atoms with E-state index in [1.807, 2.05) is 13.8 Å². The Kier molecular flexibility index (Phi) is 6.14. The van der Waals surface area contributed by atoms with E-state index < -0.39 is 24.3 Å². The Balaban J connectivity index is 1.91. The van der Waals surface area contributed by atoms with Crippen molar-refractivity contribution in [3.8, 4) is 11.5 Å². The third kappa shape index (κ3) is 4.72. The Hall–Kier alpha value is -2.97. The van der Waals surface area contributed by atoms with Gasteiger partial charge in [-0.3, -0.25) is 14.6 Å². The van der Waals surface area contributed by atoms with Crippen LogP contribution in [0.4, 0.5) is 8.78 Å². The topological polar surface area (TPSA) is 94.8 Å². The first-order chi connectivity index (χ1) is 13.8. The second-order valence-electron chi connectivity index (χ2n) is 7.17. The summed E-state index contributed by atoms with van der Waals surface area (Å²) in [6, 6.07) is 4.83. The zero-order valence-corrected chi connectivity index (χ0v) is 16.2. The fraction of sp³-hybridized carbons (Fsp3) is 0.450. The van der Waals surface area contributed by atoms with Gasteiger partial charge >= 0.3 is 6.43 Å². The predicted molar refractivity (Wildman–Crippen MR) is 102 cm³/mol. The standard InChI is InChI=1S/C20H23F2N3O4/c1-11(2)28-17-9-13-15(8-14(17)19(23)26)24-6-5-16(13)29-12-4-3-7-25(10-12)20(27)18(21)22/h5-6,8-9,11-12,18H,3-4,7,10H2,1-2H3,(H2,23,26)/t12-/m1/s1. The van der Waals surface area contributed by atoms with E-state index in [9.17, 15) is 18.4 Å². The van der Waals surface area contributed by atoms with Gasteiger partial charge in [-0.15, -0.1) is 0 Å². The summed E-state index contributed by atoms with van der Waals surface area (Å²) in [5.74, 6) is -1.03. The first-order valence-electron chi connectivity index (χ1n) is 9.39. The molecule has 9 heteroatoms. The van der Waals surface area contributed by atoms with Crippen LogP contribution < -0.4 is 15.2 Å². The maximum Gasteiger partial charge on any atom is 0.315 e. The lowest BCUT2D eigenvalue weighted by Crippen LogP contribution is -2.46. The molecule has 0 unspecified atom stereocenters. The third-order valence-corrected chi connectivity index (χ3v) is 4.60. The molecule has 0 aliphatic carbocycles. The lowest BCUT2D eigenvalue weighted by atomic mass is 10.1. The largest absolute Gasteiger partial charge is 0.490 e. The van der Waals surface area contributed by atoms with E-state index in [1.165, 1.54) is 12.3 Å². The van der Waals surface area contributed by atoms with Gasteiger partial charge in [-0.2, -0.15) is 8.78 Å². The number of benzene rings is 1. The lowest BCUT2D eigenvalue weighted by Gasteiger charge is -2.32. The molecule has 2 amide bonds. The molecule has 2 aromatic rings. The molecule has 0 spiro atoms. The highest BCUT2D eigenvalue weighted by Gasteiger charge is 2.30. The molecule has 1 saturated heterocycles. The van der Waals surface area contributed by atoms with Crippen LogP contribution >= 0.6 is 0 Å². The smallest absolute Gasteiger partial charge is 0.315 e. The quantitative estimate of drug-likeness (QED) is 0.795. The SMILES string of the molecule is CC(C)Oc1cc2c(O[C@@H]3CCCN(C(=O)C(F)F)C3)ccnc2cc1C(N)=O. The van der Waals surface area contributed by atoms with Crippen LogP contribution in [0.2, 0.25) is 0 Å². The summed E-state index contributed by atoms with van der Waals surface area (Å²) in [5, 5.41) is 0.602. The molecular weight excluding hydrogens is 384 g/mol. The van der Waals surface area contributed by atoms with Crippen molar-refractivity contribution < 1.29 is 27.8 Å². The molecular formula is C20H23F2N3O4. The van der Waals surface area contributed by atoms with E-state index in [1.54, 1.807) is 12.1 Å². The molecule has 0 bridgehead atoms. The molecule has 2 N–H and O–H groups in total. The number of carbonyl (C=O) groups is 2. The number of halogens is 2. The molecule has 1 aliphatic rings. The molecule has 29 heavy (non-hydrogen) atoms. The van der Waals surface area contributed by atoms with Crippen molar-refractivity contribution >= 4 is 22.7 Å². The number of primary amides is 1. The van der Waals surface area contributed by atoms with Gasteiger partial charge in [0.15, 0.2) is 0 Å². The maximum absolute atomic E-state index is 12.7. The summed E-state index contributed by atoms with van der Waals surface area (Å²) in [6.07, 6.45) is -0.915. The lowest BCUT2D eigenvalue weighted by molar-refractivity contribution is -0.145. The summed E-state index contributed by atoms with van der Waals surface area (Å²) >= 11 is 0. The van der Waals surface area contributed by atoms with Gasteiger partial charge in [0.05, 0.1) is 23.7 Å². The Labute approximate surface area is 166 Å². The van der Waals surface area contributed by atoms with E-state index in [0.717, 1.165) is 4.90 Å². The normalized spacial score (nSPS) is 17.0. The summed E-state index contributed by atoms with van der Waals surface area (Å²) in [7, 11) is 0. The van der Waals surface area contributed by atoms with Gasteiger partial charge in [0.25, 0.3) is 11.8 Å². The van der Waals surface area contributed by atoms with Crippen LogP contribution in [0.25, 0.3) is 10.9 Å². The van der Waals surface area contributed by atoms with Crippen molar-refractivity contribution in [2.24, 2.45) is 5.73 Å². The van der Waals surface area contributed by atoms with Crippen LogP contribution in [-0.2, 0) is 4.79 Å². The van der Waals surface area contributed by atoms with Crippen molar-refractivity contribution in [2.75, 3.05) is 13.1 Å². The van der Waals surface area contributed by atoms with Crippen LogP contribution in [0.5, 0.6) is 11.5 Å². The molecule has 0 saturated carbocycles. The fourth-order valence-electron chi connectivity index (χ4n) is 3.35. The molecule has 7 nitrogen and oxygen atoms in total. The molecule has 1 fully saturated rings. The number of hydrogen-bond donors (Lipinski definition) is 1. The fourth-order valence-corrected chi connectivity index (χ4v) is 3.35. The summed E-state index contributed by atoms with van der Waals surface area (Å²) < 4.78 is 37.2. The first kappa shape index (κ1) is 20.8. The number of alkyl halides is 2. The van der Waals surface area contributed by atoms with Crippen LogP contribution in [-0.4, -0.2) is 53.4 Å². The number of amides is 2. The summed E-state index contributed by atoms with van der Waals surface area (Å²) in [5.41, 5.74) is 6.16. The number of aromatic nitrogens is 1. The van der Waals surface area contributed by atoms with Gasteiger partial charge < -0.3 is 20.1 Å². The molecule has 2 heterocycles. The molecule has 3 rings (SSSR count). The maximum atomic E-state index is 12.7. The van der Waals surface area contributed by atoms with Crippen LogP contribution in [0.3, 0.4) is 0 Å². The molecule has 1 aliphatic heterocycles. The molecule has 1 aromatic heterocycles. The molecule has 1 atom stereocenters. The molecule has 156 valence electrons.